The van der Waals surface area contributed by atoms with Gasteiger partial charge in [-0.2, -0.15) is 5.26 Å². The van der Waals surface area contributed by atoms with Gasteiger partial charge in [-0.05, 0) is 55.5 Å². The number of nitrogens with zero attached hydrogens (tertiary/aromatic N) is 2. The molecule has 0 amide bonds. The van der Waals surface area contributed by atoms with E-state index in [1.807, 2.05) is 24.3 Å². The summed E-state index contributed by atoms with van der Waals surface area (Å²) in [5.41, 5.74) is 1.07. The Hall–Kier alpha value is -1.93. The average Bonchev–Trinajstić information content (AvgIpc) is 2.54. The molecule has 2 aromatic rings. The molecule has 1 aromatic heterocycles. The van der Waals surface area contributed by atoms with Crippen LogP contribution in [0.4, 0.5) is 0 Å². The van der Waals surface area contributed by atoms with Gasteiger partial charge in [0.15, 0.2) is 5.79 Å². The van der Waals surface area contributed by atoms with Crippen LogP contribution in [0.1, 0.15) is 37.3 Å². The number of aliphatic hydroxyl groups is 2. The van der Waals surface area contributed by atoms with Gasteiger partial charge >= 0.3 is 0 Å². The molecular formula is C19H21ClN2O2. The van der Waals surface area contributed by atoms with E-state index in [1.165, 1.54) is 6.92 Å². The Morgan fingerprint density at radius 2 is 1.88 bits per heavy atom. The van der Waals surface area contributed by atoms with E-state index in [9.17, 15) is 15.5 Å². The Balaban J connectivity index is 2.31. The third kappa shape index (κ3) is 5.04. The van der Waals surface area contributed by atoms with E-state index in [1.54, 1.807) is 24.5 Å². The number of benzene rings is 1. The van der Waals surface area contributed by atoms with Crippen LogP contribution in [0.3, 0.4) is 0 Å². The van der Waals surface area contributed by atoms with E-state index >= 15 is 0 Å². The van der Waals surface area contributed by atoms with Crippen LogP contribution in [-0.4, -0.2) is 21.0 Å². The van der Waals surface area contributed by atoms with Gasteiger partial charge in [-0.25, -0.2) is 0 Å². The Labute approximate surface area is 147 Å². The quantitative estimate of drug-likeness (QED) is 0.752. The first-order valence-corrected chi connectivity index (χ1v) is 8.23. The molecule has 24 heavy (non-hydrogen) atoms. The monoisotopic (exact) mass is 344 g/mol. The number of hydrogen-bond acceptors (Lipinski definition) is 4. The van der Waals surface area contributed by atoms with Crippen LogP contribution in [0.5, 0.6) is 0 Å². The second-order valence-electron chi connectivity index (χ2n) is 6.31. The highest BCUT2D eigenvalue weighted by atomic mass is 35.5. The topological polar surface area (TPSA) is 77.1 Å². The van der Waals surface area contributed by atoms with E-state index in [0.29, 0.717) is 24.3 Å². The lowest BCUT2D eigenvalue weighted by Crippen LogP contribution is -2.29. The van der Waals surface area contributed by atoms with Crippen molar-refractivity contribution in [2.45, 2.75) is 43.8 Å². The standard InChI is InChI=1S/C19H21ClN2O2/c1-18(23,24)9-3-10-19(14-21,12-15-4-2-11-22-13-15)16-5-7-17(20)8-6-16/h2,4-8,11,13,23-24H,3,9-10,12H2,1H3. The lowest BCUT2D eigenvalue weighted by molar-refractivity contribution is -0.150. The van der Waals surface area contributed by atoms with Gasteiger partial charge in [-0.15, -0.1) is 0 Å². The molecule has 0 radical (unpaired) electrons. The third-order valence-corrected chi connectivity index (χ3v) is 4.35. The van der Waals surface area contributed by atoms with Crippen LogP contribution in [0.15, 0.2) is 48.8 Å². The first-order valence-electron chi connectivity index (χ1n) is 7.86. The van der Waals surface area contributed by atoms with Crippen molar-refractivity contribution in [3.63, 3.8) is 0 Å². The van der Waals surface area contributed by atoms with Crippen molar-refractivity contribution in [2.75, 3.05) is 0 Å². The number of halogens is 1. The summed E-state index contributed by atoms with van der Waals surface area (Å²) in [5.74, 6) is -1.73. The van der Waals surface area contributed by atoms with Gasteiger partial charge in [-0.1, -0.05) is 29.8 Å². The number of aromatic nitrogens is 1. The van der Waals surface area contributed by atoms with Crippen molar-refractivity contribution in [1.29, 1.82) is 5.26 Å². The SMILES string of the molecule is CC(O)(O)CCCC(C#N)(Cc1cccnc1)c1ccc(Cl)cc1. The van der Waals surface area contributed by atoms with Gasteiger partial charge in [0.1, 0.15) is 0 Å². The van der Waals surface area contributed by atoms with Crippen molar-refractivity contribution >= 4 is 11.6 Å². The molecule has 1 unspecified atom stereocenters. The van der Waals surface area contributed by atoms with Gasteiger partial charge in [0.05, 0.1) is 11.5 Å². The van der Waals surface area contributed by atoms with E-state index in [4.69, 9.17) is 11.6 Å². The van der Waals surface area contributed by atoms with Crippen LogP contribution in [-0.2, 0) is 11.8 Å². The molecule has 0 aliphatic heterocycles. The molecule has 0 bridgehead atoms. The van der Waals surface area contributed by atoms with E-state index < -0.39 is 11.2 Å². The fourth-order valence-corrected chi connectivity index (χ4v) is 2.97. The molecular weight excluding hydrogens is 324 g/mol. The maximum Gasteiger partial charge on any atom is 0.159 e. The van der Waals surface area contributed by atoms with E-state index in [2.05, 4.69) is 11.1 Å². The number of pyridine rings is 1. The summed E-state index contributed by atoms with van der Waals surface area (Å²) in [6, 6.07) is 13.5. The summed E-state index contributed by atoms with van der Waals surface area (Å²) < 4.78 is 0. The molecule has 1 aromatic carbocycles. The fraction of sp³-hybridized carbons (Fsp3) is 0.368. The highest BCUT2D eigenvalue weighted by Crippen LogP contribution is 2.34. The Kier molecular flexibility index (Phi) is 5.95. The summed E-state index contributed by atoms with van der Waals surface area (Å²) in [6.07, 6.45) is 5.19. The summed E-state index contributed by atoms with van der Waals surface area (Å²) >= 11 is 5.97. The van der Waals surface area contributed by atoms with Gasteiger partial charge < -0.3 is 10.2 Å². The second-order valence-corrected chi connectivity index (χ2v) is 6.75. The van der Waals surface area contributed by atoms with Crippen molar-refractivity contribution in [1.82, 2.24) is 4.98 Å². The maximum atomic E-state index is 9.96. The van der Waals surface area contributed by atoms with Gasteiger partial charge in [0.2, 0.25) is 0 Å². The van der Waals surface area contributed by atoms with Gasteiger partial charge in [0.25, 0.3) is 0 Å². The van der Waals surface area contributed by atoms with Crippen molar-refractivity contribution in [3.8, 4) is 6.07 Å². The largest absolute Gasteiger partial charge is 0.366 e. The van der Waals surface area contributed by atoms with E-state index in [-0.39, 0.29) is 6.42 Å². The minimum Gasteiger partial charge on any atom is -0.366 e. The zero-order valence-electron chi connectivity index (χ0n) is 13.6. The maximum absolute atomic E-state index is 9.96. The number of nitriles is 1. The summed E-state index contributed by atoms with van der Waals surface area (Å²) in [4.78, 5) is 4.12. The molecule has 0 fully saturated rings. The molecule has 2 rings (SSSR count). The van der Waals surface area contributed by atoms with Gasteiger partial charge in [0, 0.05) is 23.8 Å². The van der Waals surface area contributed by atoms with Crippen molar-refractivity contribution in [3.05, 3.63) is 64.9 Å². The zero-order chi connectivity index (χ0) is 17.6. The van der Waals surface area contributed by atoms with Crippen LogP contribution >= 0.6 is 11.6 Å². The van der Waals surface area contributed by atoms with Crippen LogP contribution in [0.25, 0.3) is 0 Å². The van der Waals surface area contributed by atoms with Gasteiger partial charge in [-0.3, -0.25) is 4.98 Å². The molecule has 1 heterocycles. The molecule has 0 spiro atoms. The highest BCUT2D eigenvalue weighted by Gasteiger charge is 2.33. The molecule has 0 aliphatic rings. The zero-order valence-corrected chi connectivity index (χ0v) is 14.4. The van der Waals surface area contributed by atoms with E-state index in [0.717, 1.165) is 11.1 Å². The Morgan fingerprint density at radius 1 is 1.17 bits per heavy atom. The number of rotatable bonds is 7. The lowest BCUT2D eigenvalue weighted by atomic mass is 9.73. The average molecular weight is 345 g/mol. The third-order valence-electron chi connectivity index (χ3n) is 4.09. The summed E-state index contributed by atoms with van der Waals surface area (Å²) in [7, 11) is 0. The summed E-state index contributed by atoms with van der Waals surface area (Å²) in [5, 5.41) is 29.6. The molecule has 2 N–H and O–H groups in total. The first kappa shape index (κ1) is 18.4. The predicted octanol–water partition coefficient (Wildman–Crippen LogP) is 3.61. The molecule has 0 saturated heterocycles. The van der Waals surface area contributed by atoms with Crippen LogP contribution < -0.4 is 0 Å². The predicted molar refractivity (Wildman–Crippen MR) is 93.4 cm³/mol. The minimum absolute atomic E-state index is 0.205. The molecule has 126 valence electrons. The molecule has 0 aliphatic carbocycles. The van der Waals surface area contributed by atoms with Crippen LogP contribution in [0.2, 0.25) is 5.02 Å². The molecule has 4 nitrogen and oxygen atoms in total. The molecule has 1 atom stereocenters. The first-order chi connectivity index (χ1) is 11.3. The molecule has 5 heteroatoms. The second kappa shape index (κ2) is 7.76. The fourth-order valence-electron chi connectivity index (χ4n) is 2.84. The highest BCUT2D eigenvalue weighted by molar-refractivity contribution is 6.30. The Morgan fingerprint density at radius 3 is 2.42 bits per heavy atom. The Bertz CT molecular complexity index is 690. The van der Waals surface area contributed by atoms with Crippen LogP contribution in [0, 0.1) is 11.3 Å². The smallest absolute Gasteiger partial charge is 0.159 e. The van der Waals surface area contributed by atoms with Crippen molar-refractivity contribution in [2.24, 2.45) is 0 Å². The molecule has 0 saturated carbocycles. The normalized spacial score (nSPS) is 14.0. The van der Waals surface area contributed by atoms with Crippen molar-refractivity contribution < 1.29 is 10.2 Å². The number of hydrogen-bond donors (Lipinski definition) is 2. The summed E-state index contributed by atoms with van der Waals surface area (Å²) in [6.45, 7) is 1.35. The minimum atomic E-state index is -1.73. The lowest BCUT2D eigenvalue weighted by Gasteiger charge is -2.28.